The number of nitrogens with zero attached hydrogens (tertiary/aromatic N) is 3. The van der Waals surface area contributed by atoms with Gasteiger partial charge in [-0.2, -0.15) is 0 Å². The van der Waals surface area contributed by atoms with Crippen LogP contribution in [-0.2, 0) is 4.74 Å². The van der Waals surface area contributed by atoms with Gasteiger partial charge in [-0.25, -0.2) is 0 Å². The lowest BCUT2D eigenvalue weighted by molar-refractivity contribution is 0.0932. The molecule has 1 aliphatic heterocycles. The van der Waals surface area contributed by atoms with Crippen LogP contribution < -0.4 is 19.9 Å². The van der Waals surface area contributed by atoms with Crippen molar-refractivity contribution in [2.75, 3.05) is 63.4 Å². The minimum absolute atomic E-state index is 0.179. The number of anilines is 2. The molecule has 0 bridgehead atoms. The fourth-order valence-electron chi connectivity index (χ4n) is 3.19. The SMILES string of the molecule is COCCNC(=O)c1cc(N2CCN(c3ccccc3OC)CC2)ccn1. The number of amides is 1. The monoisotopic (exact) mass is 370 g/mol. The molecule has 1 amide bonds. The second kappa shape index (κ2) is 9.23. The Kier molecular flexibility index (Phi) is 6.49. The maximum atomic E-state index is 12.2. The van der Waals surface area contributed by atoms with Crippen molar-refractivity contribution in [3.05, 3.63) is 48.3 Å². The lowest BCUT2D eigenvalue weighted by atomic mass is 10.2. The molecule has 0 unspecified atom stereocenters. The number of methoxy groups -OCH3 is 2. The number of rotatable bonds is 7. The second-order valence-electron chi connectivity index (χ2n) is 6.29. The lowest BCUT2D eigenvalue weighted by Crippen LogP contribution is -2.46. The molecule has 27 heavy (non-hydrogen) atoms. The molecule has 7 heteroatoms. The van der Waals surface area contributed by atoms with E-state index in [1.54, 1.807) is 20.4 Å². The first-order valence-corrected chi connectivity index (χ1v) is 9.09. The van der Waals surface area contributed by atoms with Crippen molar-refractivity contribution in [1.82, 2.24) is 10.3 Å². The van der Waals surface area contributed by atoms with Gasteiger partial charge in [-0.15, -0.1) is 0 Å². The number of aromatic nitrogens is 1. The Balaban J connectivity index is 1.62. The minimum atomic E-state index is -0.179. The van der Waals surface area contributed by atoms with Crippen LogP contribution in [0.1, 0.15) is 10.5 Å². The minimum Gasteiger partial charge on any atom is -0.495 e. The first-order valence-electron chi connectivity index (χ1n) is 9.09. The first-order chi connectivity index (χ1) is 13.2. The molecule has 1 aliphatic rings. The highest BCUT2D eigenvalue weighted by Gasteiger charge is 2.20. The van der Waals surface area contributed by atoms with Crippen LogP contribution in [0.2, 0.25) is 0 Å². The van der Waals surface area contributed by atoms with Crippen LogP contribution in [0.5, 0.6) is 5.75 Å². The zero-order valence-corrected chi connectivity index (χ0v) is 15.9. The van der Waals surface area contributed by atoms with Gasteiger partial charge in [0.1, 0.15) is 11.4 Å². The molecule has 0 radical (unpaired) electrons. The largest absolute Gasteiger partial charge is 0.495 e. The molecule has 7 nitrogen and oxygen atoms in total. The number of para-hydroxylation sites is 2. The highest BCUT2D eigenvalue weighted by molar-refractivity contribution is 5.93. The van der Waals surface area contributed by atoms with Gasteiger partial charge in [0, 0.05) is 51.7 Å². The van der Waals surface area contributed by atoms with Crippen LogP contribution in [0.3, 0.4) is 0 Å². The predicted molar refractivity (Wildman–Crippen MR) is 106 cm³/mol. The molecule has 0 spiro atoms. The summed E-state index contributed by atoms with van der Waals surface area (Å²) in [7, 11) is 3.31. The number of hydrogen-bond donors (Lipinski definition) is 1. The van der Waals surface area contributed by atoms with E-state index in [2.05, 4.69) is 26.2 Å². The molecule has 1 aromatic carbocycles. The number of nitrogens with one attached hydrogen (secondary N) is 1. The fourth-order valence-corrected chi connectivity index (χ4v) is 3.19. The molecule has 0 aliphatic carbocycles. The summed E-state index contributed by atoms with van der Waals surface area (Å²) in [5, 5.41) is 2.80. The van der Waals surface area contributed by atoms with E-state index in [0.717, 1.165) is 43.3 Å². The summed E-state index contributed by atoms with van der Waals surface area (Å²) in [4.78, 5) is 21.0. The van der Waals surface area contributed by atoms with Crippen LogP contribution in [0.15, 0.2) is 42.6 Å². The zero-order chi connectivity index (χ0) is 19.1. The molecule has 1 saturated heterocycles. The molecule has 2 aromatic rings. The molecule has 1 aromatic heterocycles. The fraction of sp³-hybridized carbons (Fsp3) is 0.400. The van der Waals surface area contributed by atoms with Crippen LogP contribution in [0, 0.1) is 0 Å². The Hall–Kier alpha value is -2.80. The quantitative estimate of drug-likeness (QED) is 0.750. The lowest BCUT2D eigenvalue weighted by Gasteiger charge is -2.37. The summed E-state index contributed by atoms with van der Waals surface area (Å²) in [5.74, 6) is 0.714. The van der Waals surface area contributed by atoms with E-state index in [1.165, 1.54) is 0 Å². The van der Waals surface area contributed by atoms with E-state index < -0.39 is 0 Å². The maximum Gasteiger partial charge on any atom is 0.270 e. The topological polar surface area (TPSA) is 66.9 Å². The van der Waals surface area contributed by atoms with Gasteiger partial charge >= 0.3 is 0 Å². The van der Waals surface area contributed by atoms with Crippen molar-refractivity contribution < 1.29 is 14.3 Å². The van der Waals surface area contributed by atoms with E-state index in [-0.39, 0.29) is 5.91 Å². The Morgan fingerprint density at radius 1 is 1.11 bits per heavy atom. The van der Waals surface area contributed by atoms with Crippen LogP contribution >= 0.6 is 0 Å². The number of pyridine rings is 1. The molecule has 144 valence electrons. The third-order valence-corrected chi connectivity index (χ3v) is 4.64. The van der Waals surface area contributed by atoms with Crippen molar-refractivity contribution in [2.24, 2.45) is 0 Å². The van der Waals surface area contributed by atoms with Crippen molar-refractivity contribution in [3.8, 4) is 5.75 Å². The average Bonchev–Trinajstić information content (AvgIpc) is 2.74. The number of carbonyl (C=O) groups is 1. The van der Waals surface area contributed by atoms with E-state index in [1.807, 2.05) is 30.3 Å². The van der Waals surface area contributed by atoms with Gasteiger partial charge in [0.15, 0.2) is 0 Å². The third-order valence-electron chi connectivity index (χ3n) is 4.64. The molecule has 0 atom stereocenters. The summed E-state index contributed by atoms with van der Waals surface area (Å²) >= 11 is 0. The highest BCUT2D eigenvalue weighted by atomic mass is 16.5. The van der Waals surface area contributed by atoms with Gasteiger partial charge < -0.3 is 24.6 Å². The van der Waals surface area contributed by atoms with Gasteiger partial charge in [0.2, 0.25) is 0 Å². The van der Waals surface area contributed by atoms with Crippen molar-refractivity contribution in [1.29, 1.82) is 0 Å². The van der Waals surface area contributed by atoms with Gasteiger partial charge in [-0.1, -0.05) is 12.1 Å². The van der Waals surface area contributed by atoms with Crippen LogP contribution in [-0.4, -0.2) is 64.4 Å². The maximum absolute atomic E-state index is 12.2. The molecule has 2 heterocycles. The van der Waals surface area contributed by atoms with Crippen LogP contribution in [0.25, 0.3) is 0 Å². The standard InChI is InChI=1S/C20H26N4O3/c1-26-14-9-22-20(25)17-15-16(7-8-21-17)23-10-12-24(13-11-23)18-5-3-4-6-19(18)27-2/h3-8,15H,9-14H2,1-2H3,(H,22,25). The number of benzene rings is 1. The van der Waals surface area contributed by atoms with Gasteiger partial charge in [-0.05, 0) is 24.3 Å². The number of carbonyl (C=O) groups excluding carboxylic acids is 1. The summed E-state index contributed by atoms with van der Waals surface area (Å²) in [6.07, 6.45) is 1.69. The van der Waals surface area contributed by atoms with E-state index in [9.17, 15) is 4.79 Å². The summed E-state index contributed by atoms with van der Waals surface area (Å²) in [6.45, 7) is 4.46. The molecule has 3 rings (SSSR count). The molecular formula is C20H26N4O3. The van der Waals surface area contributed by atoms with Gasteiger partial charge in [0.05, 0.1) is 19.4 Å². The Morgan fingerprint density at radius 2 is 1.85 bits per heavy atom. The van der Waals surface area contributed by atoms with Crippen molar-refractivity contribution in [2.45, 2.75) is 0 Å². The van der Waals surface area contributed by atoms with E-state index in [4.69, 9.17) is 9.47 Å². The van der Waals surface area contributed by atoms with E-state index in [0.29, 0.717) is 18.8 Å². The van der Waals surface area contributed by atoms with Crippen LogP contribution in [0.4, 0.5) is 11.4 Å². The Morgan fingerprint density at radius 3 is 2.59 bits per heavy atom. The highest BCUT2D eigenvalue weighted by Crippen LogP contribution is 2.29. The predicted octanol–water partition coefficient (Wildman–Crippen LogP) is 1.79. The summed E-state index contributed by atoms with van der Waals surface area (Å²) < 4.78 is 10.4. The number of piperazine rings is 1. The smallest absolute Gasteiger partial charge is 0.270 e. The van der Waals surface area contributed by atoms with E-state index >= 15 is 0 Å². The first kappa shape index (κ1) is 19.0. The van der Waals surface area contributed by atoms with Crippen molar-refractivity contribution in [3.63, 3.8) is 0 Å². The zero-order valence-electron chi connectivity index (χ0n) is 15.9. The Labute approximate surface area is 159 Å². The van der Waals surface area contributed by atoms with Crippen molar-refractivity contribution >= 4 is 17.3 Å². The number of ether oxygens (including phenoxy) is 2. The summed E-state index contributed by atoms with van der Waals surface area (Å²) in [5.41, 5.74) is 2.56. The number of hydrogen-bond acceptors (Lipinski definition) is 6. The molecular weight excluding hydrogens is 344 g/mol. The Bertz CT molecular complexity index is 760. The third kappa shape index (κ3) is 4.68. The average molecular weight is 370 g/mol. The molecule has 1 N–H and O–H groups in total. The summed E-state index contributed by atoms with van der Waals surface area (Å²) in [6, 6.07) is 11.9. The molecule has 1 fully saturated rings. The normalized spacial score (nSPS) is 14.1. The second-order valence-corrected chi connectivity index (χ2v) is 6.29. The molecule has 0 saturated carbocycles. The van der Waals surface area contributed by atoms with Gasteiger partial charge in [0.25, 0.3) is 5.91 Å². The van der Waals surface area contributed by atoms with Gasteiger partial charge in [-0.3, -0.25) is 9.78 Å².